The Kier molecular flexibility index (Phi) is 4.76. The lowest BCUT2D eigenvalue weighted by atomic mass is 10.1. The molecule has 2 N–H and O–H groups in total. The van der Waals surface area contributed by atoms with Crippen LogP contribution < -0.4 is 10.0 Å². The molecule has 1 fully saturated rings. The molecule has 7 nitrogen and oxygen atoms in total. The van der Waals surface area contributed by atoms with E-state index in [1.165, 1.54) is 30.3 Å². The van der Waals surface area contributed by atoms with E-state index < -0.39 is 19.9 Å². The highest BCUT2D eigenvalue weighted by molar-refractivity contribution is 7.92. The van der Waals surface area contributed by atoms with Gasteiger partial charge in [0.25, 0.3) is 15.9 Å². The minimum Gasteiger partial charge on any atom is -0.349 e. The van der Waals surface area contributed by atoms with Crippen LogP contribution in [0.15, 0.2) is 58.3 Å². The van der Waals surface area contributed by atoms with E-state index >= 15 is 0 Å². The largest absolute Gasteiger partial charge is 0.349 e. The Morgan fingerprint density at radius 1 is 0.923 bits per heavy atom. The number of carbonyl (C=O) groups excluding carboxylic acids is 1. The lowest BCUT2D eigenvalue weighted by Gasteiger charge is -2.13. The molecule has 1 aliphatic rings. The van der Waals surface area contributed by atoms with E-state index in [-0.39, 0.29) is 33.0 Å². The Hall–Kier alpha value is -2.39. The molecule has 0 heterocycles. The Labute approximate surface area is 152 Å². The minimum absolute atomic E-state index is 0.0284. The first-order chi connectivity index (χ1) is 12.2. The van der Waals surface area contributed by atoms with Gasteiger partial charge in [0.15, 0.2) is 9.84 Å². The number of anilines is 1. The number of sulfone groups is 1. The highest BCUT2D eigenvalue weighted by Gasteiger charge is 2.25. The maximum absolute atomic E-state index is 12.6. The van der Waals surface area contributed by atoms with Gasteiger partial charge in [0.05, 0.1) is 21.0 Å². The summed E-state index contributed by atoms with van der Waals surface area (Å²) in [5.74, 6) is -0.335. The molecule has 0 unspecified atom stereocenters. The molecule has 0 spiro atoms. The zero-order valence-electron chi connectivity index (χ0n) is 14.0. The summed E-state index contributed by atoms with van der Waals surface area (Å²) in [7, 11) is -7.39. The Balaban J connectivity index is 1.87. The molecule has 26 heavy (non-hydrogen) atoms. The summed E-state index contributed by atoms with van der Waals surface area (Å²) in [6.45, 7) is 0. The summed E-state index contributed by atoms with van der Waals surface area (Å²) >= 11 is 0. The number of carbonyl (C=O) groups is 1. The van der Waals surface area contributed by atoms with Crippen molar-refractivity contribution in [1.29, 1.82) is 0 Å². The number of nitrogens with one attached hydrogen (secondary N) is 2. The van der Waals surface area contributed by atoms with Gasteiger partial charge in [0, 0.05) is 12.3 Å². The van der Waals surface area contributed by atoms with Gasteiger partial charge in [-0.2, -0.15) is 0 Å². The lowest BCUT2D eigenvalue weighted by molar-refractivity contribution is 0.0952. The van der Waals surface area contributed by atoms with Crippen LogP contribution in [0.1, 0.15) is 23.2 Å². The van der Waals surface area contributed by atoms with E-state index in [2.05, 4.69) is 10.0 Å². The number of hydrogen-bond donors (Lipinski definition) is 2. The molecule has 1 aliphatic carbocycles. The van der Waals surface area contributed by atoms with E-state index in [0.717, 1.165) is 19.1 Å². The number of benzene rings is 2. The molecule has 1 saturated carbocycles. The SMILES string of the molecule is CS(=O)(=O)c1ccc(S(=O)(=O)Nc2ccccc2C(=O)NC2CC2)cc1. The van der Waals surface area contributed by atoms with Crippen LogP contribution >= 0.6 is 0 Å². The van der Waals surface area contributed by atoms with Gasteiger partial charge in [-0.15, -0.1) is 0 Å². The van der Waals surface area contributed by atoms with E-state index in [1.807, 2.05) is 0 Å². The molecule has 0 radical (unpaired) electrons. The predicted octanol–water partition coefficient (Wildman–Crippen LogP) is 1.78. The van der Waals surface area contributed by atoms with Gasteiger partial charge in [-0.25, -0.2) is 16.8 Å². The quantitative estimate of drug-likeness (QED) is 0.776. The smallest absolute Gasteiger partial charge is 0.261 e. The van der Waals surface area contributed by atoms with Crippen LogP contribution in [0.4, 0.5) is 5.69 Å². The molecule has 0 aromatic heterocycles. The van der Waals surface area contributed by atoms with Gasteiger partial charge in [0.1, 0.15) is 0 Å². The zero-order valence-corrected chi connectivity index (χ0v) is 15.6. The molecule has 138 valence electrons. The fourth-order valence-corrected chi connectivity index (χ4v) is 4.04. The van der Waals surface area contributed by atoms with E-state index in [1.54, 1.807) is 18.2 Å². The molecule has 0 bridgehead atoms. The van der Waals surface area contributed by atoms with Crippen LogP contribution in [0, 0.1) is 0 Å². The minimum atomic E-state index is -3.97. The average molecular weight is 394 g/mol. The second kappa shape index (κ2) is 6.73. The summed E-state index contributed by atoms with van der Waals surface area (Å²) in [5, 5.41) is 2.82. The molecular formula is C17H18N2O5S2. The van der Waals surface area contributed by atoms with Gasteiger partial charge >= 0.3 is 0 Å². The molecule has 0 atom stereocenters. The van der Waals surface area contributed by atoms with Crippen LogP contribution in [0.25, 0.3) is 0 Å². The Bertz CT molecular complexity index is 1040. The maximum atomic E-state index is 12.6. The highest BCUT2D eigenvalue weighted by Crippen LogP contribution is 2.24. The molecule has 1 amide bonds. The standard InChI is InChI=1S/C17H18N2O5S2/c1-25(21,22)13-8-10-14(11-9-13)26(23,24)19-16-5-3-2-4-15(16)17(20)18-12-6-7-12/h2-5,8-12,19H,6-7H2,1H3,(H,18,20). The third-order valence-corrected chi connectivity index (χ3v) is 6.40. The van der Waals surface area contributed by atoms with Gasteiger partial charge in [-0.1, -0.05) is 12.1 Å². The number of amides is 1. The van der Waals surface area contributed by atoms with E-state index in [0.29, 0.717) is 0 Å². The van der Waals surface area contributed by atoms with Crippen LogP contribution in [-0.2, 0) is 19.9 Å². The Morgan fingerprint density at radius 2 is 1.50 bits per heavy atom. The fourth-order valence-electron chi connectivity index (χ4n) is 2.33. The van der Waals surface area contributed by atoms with Gasteiger partial charge in [0.2, 0.25) is 0 Å². The predicted molar refractivity (Wildman–Crippen MR) is 97.3 cm³/mol. The van der Waals surface area contributed by atoms with Crippen molar-refractivity contribution in [2.24, 2.45) is 0 Å². The second-order valence-corrected chi connectivity index (χ2v) is 9.84. The first-order valence-electron chi connectivity index (χ1n) is 7.90. The summed E-state index contributed by atoms with van der Waals surface area (Å²) in [5.41, 5.74) is 0.397. The first-order valence-corrected chi connectivity index (χ1v) is 11.3. The second-order valence-electron chi connectivity index (χ2n) is 6.14. The van der Waals surface area contributed by atoms with Crippen molar-refractivity contribution in [2.45, 2.75) is 28.7 Å². The summed E-state index contributed by atoms with van der Waals surface area (Å²) < 4.78 is 50.5. The number of sulfonamides is 1. The van der Waals surface area contributed by atoms with Crippen molar-refractivity contribution in [1.82, 2.24) is 5.32 Å². The maximum Gasteiger partial charge on any atom is 0.261 e. The number of hydrogen-bond acceptors (Lipinski definition) is 5. The van der Waals surface area contributed by atoms with Crippen molar-refractivity contribution in [2.75, 3.05) is 11.0 Å². The monoisotopic (exact) mass is 394 g/mol. The molecule has 0 saturated heterocycles. The van der Waals surface area contributed by atoms with Gasteiger partial charge in [-0.05, 0) is 49.2 Å². The normalized spacial score (nSPS) is 14.7. The number of para-hydroxylation sites is 1. The van der Waals surface area contributed by atoms with Crippen molar-refractivity contribution in [3.05, 3.63) is 54.1 Å². The third-order valence-electron chi connectivity index (χ3n) is 3.89. The molecule has 3 rings (SSSR count). The van der Waals surface area contributed by atoms with Crippen LogP contribution in [-0.4, -0.2) is 35.0 Å². The zero-order chi connectivity index (χ0) is 18.9. The van der Waals surface area contributed by atoms with Gasteiger partial charge < -0.3 is 5.32 Å². The number of rotatable bonds is 6. The van der Waals surface area contributed by atoms with Crippen LogP contribution in [0.5, 0.6) is 0 Å². The van der Waals surface area contributed by atoms with E-state index in [4.69, 9.17) is 0 Å². The van der Waals surface area contributed by atoms with Gasteiger partial charge in [-0.3, -0.25) is 9.52 Å². The van der Waals surface area contributed by atoms with Crippen LogP contribution in [0.3, 0.4) is 0 Å². The van der Waals surface area contributed by atoms with Crippen molar-refractivity contribution in [3.63, 3.8) is 0 Å². The summed E-state index contributed by atoms with van der Waals surface area (Å²) in [6.07, 6.45) is 2.89. The summed E-state index contributed by atoms with van der Waals surface area (Å²) in [6, 6.07) is 11.4. The van der Waals surface area contributed by atoms with Crippen molar-refractivity contribution in [3.8, 4) is 0 Å². The average Bonchev–Trinajstić information content (AvgIpc) is 3.38. The van der Waals surface area contributed by atoms with Crippen LogP contribution in [0.2, 0.25) is 0 Å². The van der Waals surface area contributed by atoms with E-state index in [9.17, 15) is 21.6 Å². The first kappa shape index (κ1) is 18.4. The molecule has 9 heteroatoms. The molecular weight excluding hydrogens is 376 g/mol. The lowest BCUT2D eigenvalue weighted by Crippen LogP contribution is -2.27. The third kappa shape index (κ3) is 4.23. The fraction of sp³-hybridized carbons (Fsp3) is 0.235. The highest BCUT2D eigenvalue weighted by atomic mass is 32.2. The Morgan fingerprint density at radius 3 is 2.08 bits per heavy atom. The van der Waals surface area contributed by atoms with Crippen molar-refractivity contribution < 1.29 is 21.6 Å². The topological polar surface area (TPSA) is 109 Å². The molecule has 2 aromatic carbocycles. The molecule has 2 aromatic rings. The summed E-state index contributed by atoms with van der Waals surface area (Å²) in [4.78, 5) is 12.2. The van der Waals surface area contributed by atoms with Crippen molar-refractivity contribution >= 4 is 31.5 Å². The molecule has 0 aliphatic heterocycles.